The van der Waals surface area contributed by atoms with E-state index in [9.17, 15) is 5.11 Å². The third-order valence-electron chi connectivity index (χ3n) is 4.32. The molecule has 0 bridgehead atoms. The second-order valence-corrected chi connectivity index (χ2v) is 6.16. The van der Waals surface area contributed by atoms with E-state index in [0.717, 1.165) is 31.2 Å². The van der Waals surface area contributed by atoms with Crippen molar-refractivity contribution in [2.45, 2.75) is 43.0 Å². The lowest BCUT2D eigenvalue weighted by Crippen LogP contribution is -2.38. The Kier molecular flexibility index (Phi) is 4.40. The summed E-state index contributed by atoms with van der Waals surface area (Å²) in [6.07, 6.45) is 5.48. The lowest BCUT2D eigenvalue weighted by Gasteiger charge is -2.36. The van der Waals surface area contributed by atoms with Crippen LogP contribution in [0, 0.1) is 5.92 Å². The van der Waals surface area contributed by atoms with Gasteiger partial charge in [-0.2, -0.15) is 0 Å². The Hall–Kier alpha value is -1.20. The van der Waals surface area contributed by atoms with Gasteiger partial charge in [0.25, 0.3) is 5.89 Å². The molecule has 1 aromatic heterocycles. The molecular formula is C16H19BrN2O2. The van der Waals surface area contributed by atoms with Gasteiger partial charge in [0.1, 0.15) is 0 Å². The van der Waals surface area contributed by atoms with Crippen LogP contribution in [-0.2, 0) is 10.9 Å². The second kappa shape index (κ2) is 6.28. The van der Waals surface area contributed by atoms with Crippen molar-refractivity contribution in [1.82, 2.24) is 10.2 Å². The molecule has 1 aliphatic carbocycles. The third-order valence-corrected chi connectivity index (χ3v) is 4.80. The standard InChI is InChI=1S/C16H19BrN2O2/c17-11-14-18-19-15(21-14)16(20,12-7-3-1-4-8-12)13-9-5-2-6-10-13/h1,3-4,7-8,13,20H,2,5-6,9-11H2. The van der Waals surface area contributed by atoms with E-state index in [1.165, 1.54) is 6.42 Å². The van der Waals surface area contributed by atoms with Crippen LogP contribution in [0.15, 0.2) is 34.7 Å². The normalized spacial score (nSPS) is 19.3. The quantitative estimate of drug-likeness (QED) is 0.852. The van der Waals surface area contributed by atoms with Crippen LogP contribution in [0.1, 0.15) is 49.4 Å². The van der Waals surface area contributed by atoms with Gasteiger partial charge in [-0.3, -0.25) is 0 Å². The van der Waals surface area contributed by atoms with Crippen molar-refractivity contribution in [2.24, 2.45) is 5.92 Å². The Morgan fingerprint density at radius 2 is 1.86 bits per heavy atom. The van der Waals surface area contributed by atoms with Crippen LogP contribution >= 0.6 is 15.9 Å². The Morgan fingerprint density at radius 3 is 2.48 bits per heavy atom. The van der Waals surface area contributed by atoms with Gasteiger partial charge in [-0.25, -0.2) is 0 Å². The summed E-state index contributed by atoms with van der Waals surface area (Å²) in [5.74, 6) is 0.933. The minimum absolute atomic E-state index is 0.122. The molecule has 1 aromatic carbocycles. The summed E-state index contributed by atoms with van der Waals surface area (Å²) in [6, 6.07) is 9.69. The first-order valence-electron chi connectivity index (χ1n) is 7.42. The SMILES string of the molecule is OC(c1ccccc1)(c1nnc(CBr)o1)C1CCCCC1. The van der Waals surface area contributed by atoms with Crippen molar-refractivity contribution in [2.75, 3.05) is 0 Å². The van der Waals surface area contributed by atoms with Crippen LogP contribution in [0.2, 0.25) is 0 Å². The number of aliphatic hydroxyl groups is 1. The third kappa shape index (κ3) is 2.77. The molecule has 0 spiro atoms. The Labute approximate surface area is 132 Å². The summed E-state index contributed by atoms with van der Waals surface area (Å²) in [4.78, 5) is 0. The Balaban J connectivity index is 2.05. The molecule has 4 nitrogen and oxygen atoms in total. The van der Waals surface area contributed by atoms with Crippen LogP contribution in [0.3, 0.4) is 0 Å². The highest BCUT2D eigenvalue weighted by Gasteiger charge is 2.45. The molecule has 0 radical (unpaired) electrons. The summed E-state index contributed by atoms with van der Waals surface area (Å²) in [5, 5.41) is 20.1. The fourth-order valence-electron chi connectivity index (χ4n) is 3.21. The summed E-state index contributed by atoms with van der Waals surface area (Å²) < 4.78 is 5.69. The molecule has 0 amide bonds. The molecule has 2 aromatic rings. The molecule has 1 saturated carbocycles. The molecule has 1 fully saturated rings. The number of halogens is 1. The number of alkyl halides is 1. The van der Waals surface area contributed by atoms with Crippen LogP contribution < -0.4 is 0 Å². The van der Waals surface area contributed by atoms with Crippen LogP contribution in [0.5, 0.6) is 0 Å². The smallest absolute Gasteiger partial charge is 0.252 e. The molecule has 3 rings (SSSR count). The van der Waals surface area contributed by atoms with E-state index in [4.69, 9.17) is 4.42 Å². The van der Waals surface area contributed by atoms with E-state index < -0.39 is 5.60 Å². The van der Waals surface area contributed by atoms with E-state index in [0.29, 0.717) is 17.1 Å². The predicted molar refractivity (Wildman–Crippen MR) is 82.9 cm³/mol. The Morgan fingerprint density at radius 1 is 1.14 bits per heavy atom. The van der Waals surface area contributed by atoms with Crippen LogP contribution in [0.4, 0.5) is 0 Å². The number of nitrogens with zero attached hydrogens (tertiary/aromatic N) is 2. The second-order valence-electron chi connectivity index (χ2n) is 5.60. The topological polar surface area (TPSA) is 59.2 Å². The number of rotatable bonds is 4. The maximum absolute atomic E-state index is 11.5. The predicted octanol–water partition coefficient (Wildman–Crippen LogP) is 3.78. The first-order valence-corrected chi connectivity index (χ1v) is 8.54. The highest BCUT2D eigenvalue weighted by molar-refractivity contribution is 9.08. The average Bonchev–Trinajstić information content (AvgIpc) is 3.05. The lowest BCUT2D eigenvalue weighted by molar-refractivity contribution is -0.0238. The number of aromatic nitrogens is 2. The van der Waals surface area contributed by atoms with E-state index in [2.05, 4.69) is 26.1 Å². The van der Waals surface area contributed by atoms with Gasteiger partial charge in [-0.05, 0) is 18.4 Å². The van der Waals surface area contributed by atoms with E-state index in [-0.39, 0.29) is 5.92 Å². The molecule has 0 saturated heterocycles. The van der Waals surface area contributed by atoms with Gasteiger partial charge in [0.15, 0.2) is 5.60 Å². The van der Waals surface area contributed by atoms with Crippen molar-refractivity contribution in [3.05, 3.63) is 47.7 Å². The lowest BCUT2D eigenvalue weighted by atomic mass is 9.73. The highest BCUT2D eigenvalue weighted by Crippen LogP contribution is 2.43. The number of benzene rings is 1. The average molecular weight is 351 g/mol. The molecule has 112 valence electrons. The zero-order chi connectivity index (χ0) is 14.7. The van der Waals surface area contributed by atoms with Gasteiger partial charge in [-0.1, -0.05) is 65.5 Å². The van der Waals surface area contributed by atoms with Crippen molar-refractivity contribution < 1.29 is 9.52 Å². The first-order chi connectivity index (χ1) is 10.2. The molecule has 5 heteroatoms. The maximum Gasteiger partial charge on any atom is 0.252 e. The van der Waals surface area contributed by atoms with Crippen molar-refractivity contribution in [3.8, 4) is 0 Å². The summed E-state index contributed by atoms with van der Waals surface area (Å²) in [6.45, 7) is 0. The van der Waals surface area contributed by atoms with E-state index >= 15 is 0 Å². The molecule has 1 N–H and O–H groups in total. The summed E-state index contributed by atoms with van der Waals surface area (Å²) in [7, 11) is 0. The van der Waals surface area contributed by atoms with Crippen molar-refractivity contribution >= 4 is 15.9 Å². The zero-order valence-electron chi connectivity index (χ0n) is 11.8. The van der Waals surface area contributed by atoms with Crippen molar-refractivity contribution in [3.63, 3.8) is 0 Å². The molecule has 21 heavy (non-hydrogen) atoms. The molecule has 1 heterocycles. The van der Waals surface area contributed by atoms with Crippen molar-refractivity contribution in [1.29, 1.82) is 0 Å². The molecular weight excluding hydrogens is 332 g/mol. The number of hydrogen-bond donors (Lipinski definition) is 1. The number of hydrogen-bond acceptors (Lipinski definition) is 4. The maximum atomic E-state index is 11.5. The van der Waals surface area contributed by atoms with Gasteiger partial charge in [0.05, 0.1) is 5.33 Å². The zero-order valence-corrected chi connectivity index (χ0v) is 13.4. The summed E-state index contributed by atoms with van der Waals surface area (Å²) in [5.41, 5.74) is -0.351. The Bertz CT molecular complexity index is 581. The van der Waals surface area contributed by atoms with Crippen LogP contribution in [-0.4, -0.2) is 15.3 Å². The molecule has 1 unspecified atom stereocenters. The monoisotopic (exact) mass is 350 g/mol. The fraction of sp³-hybridized carbons (Fsp3) is 0.500. The fourth-order valence-corrected chi connectivity index (χ4v) is 3.43. The molecule has 1 atom stereocenters. The van der Waals surface area contributed by atoms with E-state index in [1.54, 1.807) is 0 Å². The van der Waals surface area contributed by atoms with Gasteiger partial charge >= 0.3 is 0 Å². The molecule has 0 aliphatic heterocycles. The van der Waals surface area contributed by atoms with Gasteiger partial charge in [0, 0.05) is 5.92 Å². The van der Waals surface area contributed by atoms with Crippen LogP contribution in [0.25, 0.3) is 0 Å². The largest absolute Gasteiger partial charge is 0.421 e. The minimum Gasteiger partial charge on any atom is -0.421 e. The van der Waals surface area contributed by atoms with Gasteiger partial charge < -0.3 is 9.52 Å². The first kappa shape index (κ1) is 14.7. The summed E-state index contributed by atoms with van der Waals surface area (Å²) >= 11 is 3.31. The molecule has 1 aliphatic rings. The van der Waals surface area contributed by atoms with E-state index in [1.807, 2.05) is 30.3 Å². The van der Waals surface area contributed by atoms with Gasteiger partial charge in [0.2, 0.25) is 5.89 Å². The van der Waals surface area contributed by atoms with Gasteiger partial charge in [-0.15, -0.1) is 10.2 Å². The minimum atomic E-state index is -1.19. The highest BCUT2D eigenvalue weighted by atomic mass is 79.9.